The summed E-state index contributed by atoms with van der Waals surface area (Å²) in [4.78, 5) is 21.6. The van der Waals surface area contributed by atoms with Gasteiger partial charge in [0.05, 0.1) is 12.3 Å². The Morgan fingerprint density at radius 2 is 1.71 bits per heavy atom. The number of ether oxygens (including phenoxy) is 1. The molecule has 1 atom stereocenters. The van der Waals surface area contributed by atoms with Crippen molar-refractivity contribution in [2.45, 2.75) is 45.6 Å². The van der Waals surface area contributed by atoms with Crippen molar-refractivity contribution in [2.24, 2.45) is 5.92 Å². The zero-order valence-corrected chi connectivity index (χ0v) is 12.6. The molecule has 0 aliphatic heterocycles. The minimum Gasteiger partial charge on any atom is -0.488 e. The number of hydrogen-bond acceptors (Lipinski definition) is 3. The molecule has 1 rings (SSSR count). The van der Waals surface area contributed by atoms with E-state index in [4.69, 9.17) is 14.9 Å². The van der Waals surface area contributed by atoms with Crippen LogP contribution in [-0.2, 0) is 16.0 Å². The summed E-state index contributed by atoms with van der Waals surface area (Å²) in [5.41, 5.74) is 0.699. The van der Waals surface area contributed by atoms with Gasteiger partial charge in [0.2, 0.25) is 0 Å². The summed E-state index contributed by atoms with van der Waals surface area (Å²) in [5, 5.41) is 17.7. The summed E-state index contributed by atoms with van der Waals surface area (Å²) in [6, 6.07) is 7.43. The highest BCUT2D eigenvalue weighted by atomic mass is 16.5. The monoisotopic (exact) mass is 294 g/mol. The number of aryl methyl sites for hydroxylation is 1. The molecule has 0 saturated carbocycles. The maximum atomic E-state index is 11.0. The Bertz CT molecular complexity index is 484. The molecule has 0 radical (unpaired) electrons. The van der Waals surface area contributed by atoms with Gasteiger partial charge in [0.1, 0.15) is 11.4 Å². The van der Waals surface area contributed by atoms with Gasteiger partial charge in [-0.25, -0.2) is 0 Å². The standard InChI is InChI=1S/C16H22O5/c1-16(2,3)21-13-8-5-11(6-9-13)4-7-12(15(19)20)10-14(17)18/h5-6,8-9,12H,4,7,10H2,1-3H3,(H,17,18)(H,19,20)/t12-/m1/s1. The molecule has 0 aromatic heterocycles. The van der Waals surface area contributed by atoms with Crippen molar-refractivity contribution in [1.82, 2.24) is 0 Å². The predicted octanol–water partition coefficient (Wildman–Crippen LogP) is 2.97. The summed E-state index contributed by atoms with van der Waals surface area (Å²) < 4.78 is 5.70. The fourth-order valence-electron chi connectivity index (χ4n) is 1.94. The van der Waals surface area contributed by atoms with Crippen molar-refractivity contribution >= 4 is 11.9 Å². The lowest BCUT2D eigenvalue weighted by atomic mass is 9.96. The van der Waals surface area contributed by atoms with Crippen LogP contribution in [-0.4, -0.2) is 27.8 Å². The minimum absolute atomic E-state index is 0.266. The molecule has 0 spiro atoms. The Morgan fingerprint density at radius 1 is 1.14 bits per heavy atom. The lowest BCUT2D eigenvalue weighted by Gasteiger charge is -2.21. The Morgan fingerprint density at radius 3 is 2.14 bits per heavy atom. The van der Waals surface area contributed by atoms with Gasteiger partial charge in [0.25, 0.3) is 0 Å². The number of aliphatic carboxylic acids is 2. The van der Waals surface area contributed by atoms with Crippen molar-refractivity contribution in [3.8, 4) is 5.75 Å². The topological polar surface area (TPSA) is 83.8 Å². The zero-order valence-electron chi connectivity index (χ0n) is 12.6. The molecule has 0 aliphatic rings. The van der Waals surface area contributed by atoms with E-state index in [0.717, 1.165) is 11.3 Å². The molecule has 5 heteroatoms. The van der Waals surface area contributed by atoms with Crippen LogP contribution < -0.4 is 4.74 Å². The van der Waals surface area contributed by atoms with E-state index in [-0.39, 0.29) is 12.0 Å². The van der Waals surface area contributed by atoms with Gasteiger partial charge in [0.15, 0.2) is 0 Å². The van der Waals surface area contributed by atoms with Gasteiger partial charge in [-0.2, -0.15) is 0 Å². The first-order valence-electron chi connectivity index (χ1n) is 6.90. The van der Waals surface area contributed by atoms with E-state index in [1.54, 1.807) is 0 Å². The van der Waals surface area contributed by atoms with E-state index in [2.05, 4.69) is 0 Å². The van der Waals surface area contributed by atoms with Crippen molar-refractivity contribution in [3.05, 3.63) is 29.8 Å². The smallest absolute Gasteiger partial charge is 0.307 e. The van der Waals surface area contributed by atoms with E-state index >= 15 is 0 Å². The molecular weight excluding hydrogens is 272 g/mol. The molecule has 116 valence electrons. The molecule has 1 aromatic carbocycles. The molecule has 2 N–H and O–H groups in total. The first-order chi connectivity index (χ1) is 9.67. The average Bonchev–Trinajstić information content (AvgIpc) is 2.33. The fraction of sp³-hybridized carbons (Fsp3) is 0.500. The third-order valence-electron chi connectivity index (χ3n) is 2.90. The van der Waals surface area contributed by atoms with E-state index < -0.39 is 17.9 Å². The van der Waals surface area contributed by atoms with Gasteiger partial charge in [0, 0.05) is 0 Å². The van der Waals surface area contributed by atoms with E-state index in [1.807, 2.05) is 45.0 Å². The summed E-state index contributed by atoms with van der Waals surface area (Å²) in [6.45, 7) is 5.89. The van der Waals surface area contributed by atoms with Crippen LogP contribution in [0.2, 0.25) is 0 Å². The number of rotatable bonds is 7. The third kappa shape index (κ3) is 6.79. The lowest BCUT2D eigenvalue weighted by Crippen LogP contribution is -2.22. The highest BCUT2D eigenvalue weighted by Crippen LogP contribution is 2.20. The van der Waals surface area contributed by atoms with Crippen molar-refractivity contribution in [2.75, 3.05) is 0 Å². The van der Waals surface area contributed by atoms with Crippen LogP contribution in [0.3, 0.4) is 0 Å². The normalized spacial score (nSPS) is 12.7. The quantitative estimate of drug-likeness (QED) is 0.807. The number of carbonyl (C=O) groups is 2. The SMILES string of the molecule is CC(C)(C)Oc1ccc(CC[C@H](CC(=O)O)C(=O)O)cc1. The van der Waals surface area contributed by atoms with Crippen LogP contribution in [0.15, 0.2) is 24.3 Å². The second-order valence-corrected chi connectivity index (χ2v) is 6.03. The van der Waals surface area contributed by atoms with E-state index in [1.165, 1.54) is 0 Å². The maximum absolute atomic E-state index is 11.0. The predicted molar refractivity (Wildman–Crippen MR) is 78.5 cm³/mol. The van der Waals surface area contributed by atoms with Crippen LogP contribution in [0.5, 0.6) is 5.75 Å². The van der Waals surface area contributed by atoms with Gasteiger partial charge >= 0.3 is 11.9 Å². The highest BCUT2D eigenvalue weighted by Gasteiger charge is 2.20. The van der Waals surface area contributed by atoms with Crippen LogP contribution in [0.25, 0.3) is 0 Å². The lowest BCUT2D eigenvalue weighted by molar-refractivity contribution is -0.148. The van der Waals surface area contributed by atoms with Crippen molar-refractivity contribution in [3.63, 3.8) is 0 Å². The Labute approximate surface area is 124 Å². The average molecular weight is 294 g/mol. The zero-order chi connectivity index (χ0) is 16.0. The number of carboxylic acid groups (broad SMARTS) is 2. The van der Waals surface area contributed by atoms with Crippen LogP contribution in [0, 0.1) is 5.92 Å². The summed E-state index contributed by atoms with van der Waals surface area (Å²) in [6.07, 6.45) is 0.488. The second kappa shape index (κ2) is 7.11. The van der Waals surface area contributed by atoms with Crippen molar-refractivity contribution in [1.29, 1.82) is 0 Å². The molecule has 0 amide bonds. The molecule has 0 aliphatic carbocycles. The minimum atomic E-state index is -1.09. The number of carboxylic acids is 2. The first kappa shape index (κ1) is 17.0. The summed E-state index contributed by atoms with van der Waals surface area (Å²) in [5.74, 6) is -2.25. The Balaban J connectivity index is 2.59. The van der Waals surface area contributed by atoms with E-state index in [9.17, 15) is 9.59 Å². The van der Waals surface area contributed by atoms with Gasteiger partial charge in [-0.05, 0) is 51.3 Å². The Hall–Kier alpha value is -2.04. The summed E-state index contributed by atoms with van der Waals surface area (Å²) >= 11 is 0. The van der Waals surface area contributed by atoms with Gasteiger partial charge in [-0.15, -0.1) is 0 Å². The molecule has 1 aromatic rings. The molecule has 0 fully saturated rings. The largest absolute Gasteiger partial charge is 0.488 e. The van der Waals surface area contributed by atoms with Gasteiger partial charge in [-0.3, -0.25) is 9.59 Å². The third-order valence-corrected chi connectivity index (χ3v) is 2.90. The number of benzene rings is 1. The molecule has 5 nitrogen and oxygen atoms in total. The van der Waals surface area contributed by atoms with Gasteiger partial charge in [-0.1, -0.05) is 12.1 Å². The second-order valence-electron chi connectivity index (χ2n) is 6.03. The summed E-state index contributed by atoms with van der Waals surface area (Å²) in [7, 11) is 0. The highest BCUT2D eigenvalue weighted by molar-refractivity contribution is 5.77. The van der Waals surface area contributed by atoms with E-state index in [0.29, 0.717) is 12.8 Å². The Kier molecular flexibility index (Phi) is 5.76. The maximum Gasteiger partial charge on any atom is 0.307 e. The molecule has 0 saturated heterocycles. The van der Waals surface area contributed by atoms with Crippen molar-refractivity contribution < 1.29 is 24.5 Å². The molecule has 21 heavy (non-hydrogen) atoms. The fourth-order valence-corrected chi connectivity index (χ4v) is 1.94. The van der Waals surface area contributed by atoms with Crippen LogP contribution in [0.1, 0.15) is 39.2 Å². The molecule has 0 bridgehead atoms. The van der Waals surface area contributed by atoms with Crippen LogP contribution in [0.4, 0.5) is 0 Å². The van der Waals surface area contributed by atoms with Crippen LogP contribution >= 0.6 is 0 Å². The first-order valence-corrected chi connectivity index (χ1v) is 6.90. The molecule has 0 unspecified atom stereocenters. The van der Waals surface area contributed by atoms with Gasteiger partial charge < -0.3 is 14.9 Å². The molecule has 0 heterocycles. The number of hydrogen-bond donors (Lipinski definition) is 2. The molecular formula is C16H22O5.